The van der Waals surface area contributed by atoms with Gasteiger partial charge in [0.15, 0.2) is 0 Å². The van der Waals surface area contributed by atoms with E-state index in [9.17, 15) is 9.59 Å². The Hall–Kier alpha value is -3.54. The van der Waals surface area contributed by atoms with Gasteiger partial charge in [-0.05, 0) is 86.8 Å². The Morgan fingerprint density at radius 2 is 0.815 bits per heavy atom. The number of unbranched alkanes of at least 4 members (excludes halogenated alkanes) is 18. The van der Waals surface area contributed by atoms with Crippen molar-refractivity contribution in [3.05, 3.63) is 84.0 Å². The minimum Gasteiger partial charge on any atom is -0.481 e. The van der Waals surface area contributed by atoms with E-state index in [1.54, 1.807) is 0 Å². The van der Waals surface area contributed by atoms with Crippen LogP contribution in [0.15, 0.2) is 83.1 Å². The molecular weight excluding hydrogens is 669 g/mol. The third-order valence-electron chi connectivity index (χ3n) is 10.4. The summed E-state index contributed by atoms with van der Waals surface area (Å²) in [6.07, 6.45) is 37.8. The van der Waals surface area contributed by atoms with Gasteiger partial charge in [0.05, 0.1) is 11.4 Å². The summed E-state index contributed by atoms with van der Waals surface area (Å²) in [5.41, 5.74) is 4.32. The Balaban J connectivity index is 1.99. The fraction of sp³-hybridized carbons (Fsp3) is 0.625. The smallest absolute Gasteiger partial charge is 0.303 e. The Morgan fingerprint density at radius 1 is 0.481 bits per heavy atom. The second-order valence-corrected chi connectivity index (χ2v) is 15.3. The summed E-state index contributed by atoms with van der Waals surface area (Å²) in [4.78, 5) is 21.6. The van der Waals surface area contributed by atoms with E-state index >= 15 is 0 Å². The van der Waals surface area contributed by atoms with Gasteiger partial charge in [0, 0.05) is 24.7 Å². The van der Waals surface area contributed by atoms with Gasteiger partial charge in [-0.1, -0.05) is 165 Å². The Labute approximate surface area is 329 Å². The molecule has 54 heavy (non-hydrogen) atoms. The first-order valence-electron chi connectivity index (χ1n) is 21.8. The van der Waals surface area contributed by atoms with Gasteiger partial charge in [0.2, 0.25) is 0 Å². The van der Waals surface area contributed by atoms with Crippen LogP contribution in [0.25, 0.3) is 0 Å². The molecule has 0 spiro atoms. The first kappa shape index (κ1) is 46.6. The molecular formula is C48H74N2O4. The monoisotopic (exact) mass is 743 g/mol. The number of rotatable bonds is 34. The summed E-state index contributed by atoms with van der Waals surface area (Å²) in [7, 11) is 0. The highest BCUT2D eigenvalue weighted by Crippen LogP contribution is 2.30. The van der Waals surface area contributed by atoms with Crippen molar-refractivity contribution in [3.63, 3.8) is 0 Å². The van der Waals surface area contributed by atoms with Gasteiger partial charge in [0.25, 0.3) is 0 Å². The third kappa shape index (κ3) is 24.0. The highest BCUT2D eigenvalue weighted by Gasteiger charge is 2.10. The third-order valence-corrected chi connectivity index (χ3v) is 10.4. The molecule has 2 unspecified atom stereocenters. The quantitative estimate of drug-likeness (QED) is 0.0423. The highest BCUT2D eigenvalue weighted by molar-refractivity contribution is 5.66. The number of carboxylic acid groups (broad SMARTS) is 2. The molecule has 2 N–H and O–H groups in total. The van der Waals surface area contributed by atoms with Gasteiger partial charge < -0.3 is 10.2 Å². The fourth-order valence-corrected chi connectivity index (χ4v) is 7.03. The Morgan fingerprint density at radius 3 is 1.19 bits per heavy atom. The van der Waals surface area contributed by atoms with Crippen LogP contribution in [-0.2, 0) is 9.59 Å². The Bertz CT molecular complexity index is 1210. The molecule has 2 atom stereocenters. The van der Waals surface area contributed by atoms with Gasteiger partial charge in [-0.15, -0.1) is 0 Å². The first-order chi connectivity index (χ1) is 26.4. The van der Waals surface area contributed by atoms with E-state index in [4.69, 9.17) is 10.2 Å². The van der Waals surface area contributed by atoms with Crippen LogP contribution in [-0.4, -0.2) is 22.2 Å². The zero-order chi connectivity index (χ0) is 38.9. The van der Waals surface area contributed by atoms with E-state index in [0.717, 1.165) is 101 Å². The minimum absolute atomic E-state index is 0.275. The number of carbonyl (C=O) groups is 2. The molecule has 2 aromatic carbocycles. The van der Waals surface area contributed by atoms with Gasteiger partial charge in [-0.25, -0.2) is 0 Å². The summed E-state index contributed by atoms with van der Waals surface area (Å²) in [5, 5.41) is 27.0. The van der Waals surface area contributed by atoms with Crippen molar-refractivity contribution in [3.8, 4) is 0 Å². The zero-order valence-corrected chi connectivity index (χ0v) is 34.1. The molecule has 0 heterocycles. The largest absolute Gasteiger partial charge is 0.481 e. The van der Waals surface area contributed by atoms with Crippen LogP contribution in [0.2, 0.25) is 0 Å². The second-order valence-electron chi connectivity index (χ2n) is 15.3. The zero-order valence-electron chi connectivity index (χ0n) is 34.1. The van der Waals surface area contributed by atoms with Crippen molar-refractivity contribution >= 4 is 23.3 Å². The van der Waals surface area contributed by atoms with Gasteiger partial charge >= 0.3 is 11.9 Å². The maximum absolute atomic E-state index is 10.8. The predicted octanol–water partition coefficient (Wildman–Crippen LogP) is 15.7. The Kier molecular flexibility index (Phi) is 27.4. The number of hydrogen-bond donors (Lipinski definition) is 2. The summed E-state index contributed by atoms with van der Waals surface area (Å²) >= 11 is 0. The lowest BCUT2D eigenvalue weighted by Crippen LogP contribution is -1.96. The summed E-state index contributed by atoms with van der Waals surface area (Å²) in [6, 6.07) is 17.1. The lowest BCUT2D eigenvalue weighted by atomic mass is 9.91. The molecule has 2 rings (SSSR count). The van der Waals surface area contributed by atoms with E-state index in [2.05, 4.69) is 96.9 Å². The average molecular weight is 743 g/mol. The molecule has 0 aliphatic heterocycles. The van der Waals surface area contributed by atoms with E-state index in [-0.39, 0.29) is 12.8 Å². The standard InChI is InChI=1S/C48H74N2O4/c1-3-5-7-9-11-15-21-27-41(29-23-17-13-19-25-31-47(51)52)43-33-37-45(38-34-43)49-50-46-39-35-44(36-40-46)42(28-22-16-12-10-8-6-4-2)30-24-18-14-20-26-32-48(53)54/h21-22,27-28,33-42H,3-20,23-26,29-32H2,1-2H3,(H,51,52)(H,53,54)/b27-21+,28-22+,50-49?. The van der Waals surface area contributed by atoms with Crippen LogP contribution in [0, 0.1) is 0 Å². The van der Waals surface area contributed by atoms with Gasteiger partial charge in [-0.2, -0.15) is 10.2 Å². The van der Waals surface area contributed by atoms with Crippen LogP contribution in [0.1, 0.15) is 204 Å². The van der Waals surface area contributed by atoms with Crippen LogP contribution in [0.4, 0.5) is 11.4 Å². The number of aliphatic carboxylic acids is 2. The maximum Gasteiger partial charge on any atom is 0.303 e. The molecule has 300 valence electrons. The van der Waals surface area contributed by atoms with E-state index < -0.39 is 11.9 Å². The molecule has 0 bridgehead atoms. The molecule has 0 saturated heterocycles. The summed E-state index contributed by atoms with van der Waals surface area (Å²) in [6.45, 7) is 4.52. The number of benzene rings is 2. The fourth-order valence-electron chi connectivity index (χ4n) is 7.03. The number of nitrogens with zero attached hydrogens (tertiary/aromatic N) is 2. The predicted molar refractivity (Wildman–Crippen MR) is 227 cm³/mol. The van der Waals surface area contributed by atoms with Crippen LogP contribution in [0.3, 0.4) is 0 Å². The topological polar surface area (TPSA) is 99.3 Å². The van der Waals surface area contributed by atoms with E-state index in [1.165, 1.54) is 75.3 Å². The van der Waals surface area contributed by atoms with Gasteiger partial charge in [-0.3, -0.25) is 9.59 Å². The normalized spacial score (nSPS) is 13.0. The highest BCUT2D eigenvalue weighted by atomic mass is 16.4. The van der Waals surface area contributed by atoms with Crippen LogP contribution < -0.4 is 0 Å². The molecule has 0 aliphatic carbocycles. The molecule has 6 nitrogen and oxygen atoms in total. The van der Waals surface area contributed by atoms with Crippen LogP contribution >= 0.6 is 0 Å². The van der Waals surface area contributed by atoms with Gasteiger partial charge in [0.1, 0.15) is 0 Å². The number of allylic oxidation sites excluding steroid dienone is 4. The van der Waals surface area contributed by atoms with Crippen molar-refractivity contribution in [1.29, 1.82) is 0 Å². The summed E-state index contributed by atoms with van der Waals surface area (Å²) < 4.78 is 0. The summed E-state index contributed by atoms with van der Waals surface area (Å²) in [5.74, 6) is -0.646. The molecule has 6 heteroatoms. The maximum atomic E-state index is 10.8. The second kappa shape index (κ2) is 31.8. The lowest BCUT2D eigenvalue weighted by molar-refractivity contribution is -0.138. The molecule has 0 saturated carbocycles. The average Bonchev–Trinajstić information content (AvgIpc) is 3.17. The molecule has 2 aromatic rings. The number of hydrogen-bond acceptors (Lipinski definition) is 4. The molecule has 0 aliphatic rings. The van der Waals surface area contributed by atoms with Crippen molar-refractivity contribution in [2.45, 2.75) is 193 Å². The van der Waals surface area contributed by atoms with Crippen molar-refractivity contribution in [2.75, 3.05) is 0 Å². The van der Waals surface area contributed by atoms with Crippen molar-refractivity contribution in [1.82, 2.24) is 0 Å². The van der Waals surface area contributed by atoms with Crippen LogP contribution in [0.5, 0.6) is 0 Å². The molecule has 0 aromatic heterocycles. The minimum atomic E-state index is -0.696. The molecule has 0 amide bonds. The van der Waals surface area contributed by atoms with E-state index in [1.807, 2.05) is 0 Å². The lowest BCUT2D eigenvalue weighted by Gasteiger charge is -2.14. The van der Waals surface area contributed by atoms with Crippen molar-refractivity contribution in [2.24, 2.45) is 10.2 Å². The first-order valence-corrected chi connectivity index (χ1v) is 21.8. The van der Waals surface area contributed by atoms with Crippen molar-refractivity contribution < 1.29 is 19.8 Å². The number of carboxylic acids is 2. The SMILES string of the molecule is CCCCCCC/C=C/C(CCCCCCCC(=O)O)c1ccc(N=Nc2ccc(C(/C=C/CCCCCCC)CCCCCCCC(=O)O)cc2)cc1. The van der Waals surface area contributed by atoms with E-state index in [0.29, 0.717) is 11.8 Å². The number of azo groups is 1. The molecule has 0 radical (unpaired) electrons. The molecule has 0 fully saturated rings.